The van der Waals surface area contributed by atoms with Crippen molar-refractivity contribution in [3.63, 3.8) is 0 Å². The minimum absolute atomic E-state index is 0.297. The van der Waals surface area contributed by atoms with Gasteiger partial charge in [-0.2, -0.15) is 0 Å². The number of hydrogen-bond acceptors (Lipinski definition) is 1. The molecule has 1 amide bonds. The summed E-state index contributed by atoms with van der Waals surface area (Å²) in [6.45, 7) is 5.02. The highest BCUT2D eigenvalue weighted by Gasteiger charge is 2.31. The Balaban J connectivity index is 2.54. The van der Waals surface area contributed by atoms with Crippen molar-refractivity contribution in [2.24, 2.45) is 5.92 Å². The predicted octanol–water partition coefficient (Wildman–Crippen LogP) is 2.03. The number of nitrogens with zero attached hydrogens (tertiary/aromatic N) is 1. The van der Waals surface area contributed by atoms with Crippen LogP contribution in [0.5, 0.6) is 0 Å². The summed E-state index contributed by atoms with van der Waals surface area (Å²) < 4.78 is 0. The van der Waals surface area contributed by atoms with Crippen molar-refractivity contribution in [1.82, 2.24) is 4.90 Å². The molecule has 3 heteroatoms. The first kappa shape index (κ1) is 10.0. The van der Waals surface area contributed by atoms with Gasteiger partial charge < -0.3 is 4.90 Å². The molecule has 0 bridgehead atoms. The molecule has 12 heavy (non-hydrogen) atoms. The summed E-state index contributed by atoms with van der Waals surface area (Å²) in [4.78, 5) is 13.4. The van der Waals surface area contributed by atoms with Crippen LogP contribution in [0.25, 0.3) is 0 Å². The fourth-order valence-corrected chi connectivity index (χ4v) is 2.63. The van der Waals surface area contributed by atoms with Gasteiger partial charge in [0, 0.05) is 24.3 Å². The van der Waals surface area contributed by atoms with Crippen molar-refractivity contribution in [1.29, 1.82) is 0 Å². The van der Waals surface area contributed by atoms with Gasteiger partial charge in [0.2, 0.25) is 5.91 Å². The highest BCUT2D eigenvalue weighted by molar-refractivity contribution is 9.09. The summed E-state index contributed by atoms with van der Waals surface area (Å²) in [5.41, 5.74) is 0. The average Bonchev–Trinajstić information content (AvgIpc) is 2.45. The Morgan fingerprint density at radius 1 is 1.67 bits per heavy atom. The van der Waals surface area contributed by atoms with Crippen LogP contribution >= 0.6 is 15.9 Å². The molecule has 0 aromatic rings. The highest BCUT2D eigenvalue weighted by atomic mass is 79.9. The van der Waals surface area contributed by atoms with E-state index in [1.54, 1.807) is 0 Å². The Kier molecular flexibility index (Phi) is 3.56. The van der Waals surface area contributed by atoms with Crippen LogP contribution in [0.15, 0.2) is 0 Å². The maximum Gasteiger partial charge on any atom is 0.222 e. The topological polar surface area (TPSA) is 20.3 Å². The van der Waals surface area contributed by atoms with E-state index in [9.17, 15) is 4.79 Å². The first-order valence-corrected chi connectivity index (χ1v) is 5.68. The zero-order chi connectivity index (χ0) is 9.14. The molecule has 1 heterocycles. The van der Waals surface area contributed by atoms with Gasteiger partial charge in [-0.3, -0.25) is 4.79 Å². The van der Waals surface area contributed by atoms with Crippen LogP contribution in [0.3, 0.4) is 0 Å². The summed E-state index contributed by atoms with van der Waals surface area (Å²) in [5.74, 6) is 0.950. The van der Waals surface area contributed by atoms with Crippen LogP contribution in [0.2, 0.25) is 0 Å². The number of likely N-dealkylation sites (tertiary alicyclic amines) is 1. The normalized spacial score (nSPS) is 29.4. The zero-order valence-corrected chi connectivity index (χ0v) is 9.30. The minimum atomic E-state index is 0.297. The quantitative estimate of drug-likeness (QED) is 0.669. The van der Waals surface area contributed by atoms with E-state index in [-0.39, 0.29) is 0 Å². The molecule has 2 atom stereocenters. The third-order valence-corrected chi connectivity index (χ3v) is 3.57. The monoisotopic (exact) mass is 233 g/mol. The number of halogens is 1. The van der Waals surface area contributed by atoms with Crippen molar-refractivity contribution >= 4 is 21.8 Å². The van der Waals surface area contributed by atoms with Gasteiger partial charge in [-0.25, -0.2) is 0 Å². The van der Waals surface area contributed by atoms with Crippen LogP contribution < -0.4 is 0 Å². The van der Waals surface area contributed by atoms with Gasteiger partial charge in [-0.15, -0.1) is 0 Å². The SMILES string of the molecule is CCC(=O)N1CCC(CBr)C1C. The molecule has 2 unspecified atom stereocenters. The Morgan fingerprint density at radius 3 is 2.75 bits per heavy atom. The molecule has 1 saturated heterocycles. The van der Waals surface area contributed by atoms with Crippen LogP contribution in [-0.2, 0) is 4.79 Å². The summed E-state index contributed by atoms with van der Waals surface area (Å²) in [5, 5.41) is 1.02. The van der Waals surface area contributed by atoms with Gasteiger partial charge in [0.05, 0.1) is 0 Å². The standard InChI is InChI=1S/C9H16BrNO/c1-3-9(12)11-5-4-8(6-10)7(11)2/h7-8H,3-6H2,1-2H3. The Bertz CT molecular complexity index is 172. The van der Waals surface area contributed by atoms with E-state index in [2.05, 4.69) is 22.9 Å². The number of alkyl halides is 1. The lowest BCUT2D eigenvalue weighted by Gasteiger charge is -2.23. The molecular formula is C9H16BrNO. The summed E-state index contributed by atoms with van der Waals surface area (Å²) in [7, 11) is 0. The van der Waals surface area contributed by atoms with E-state index >= 15 is 0 Å². The second-order valence-corrected chi connectivity index (χ2v) is 4.03. The fourth-order valence-electron chi connectivity index (χ4n) is 1.77. The third-order valence-electron chi connectivity index (χ3n) is 2.74. The number of carbonyl (C=O) groups is 1. The van der Waals surface area contributed by atoms with E-state index in [4.69, 9.17) is 0 Å². The number of carbonyl (C=O) groups excluding carboxylic acids is 1. The lowest BCUT2D eigenvalue weighted by atomic mass is 10.1. The molecule has 0 spiro atoms. The second kappa shape index (κ2) is 4.26. The fraction of sp³-hybridized carbons (Fsp3) is 0.889. The third kappa shape index (κ3) is 1.82. The Labute approximate surface area is 82.4 Å². The highest BCUT2D eigenvalue weighted by Crippen LogP contribution is 2.25. The van der Waals surface area contributed by atoms with Gasteiger partial charge >= 0.3 is 0 Å². The Morgan fingerprint density at radius 2 is 2.33 bits per heavy atom. The van der Waals surface area contributed by atoms with E-state index in [1.165, 1.54) is 0 Å². The molecular weight excluding hydrogens is 218 g/mol. The Hall–Kier alpha value is -0.0500. The number of rotatable bonds is 2. The van der Waals surface area contributed by atoms with Crippen molar-refractivity contribution in [3.8, 4) is 0 Å². The van der Waals surface area contributed by atoms with Crippen LogP contribution in [-0.4, -0.2) is 28.7 Å². The van der Waals surface area contributed by atoms with Gasteiger partial charge in [-0.05, 0) is 19.3 Å². The molecule has 0 aromatic heterocycles. The lowest BCUT2D eigenvalue weighted by molar-refractivity contribution is -0.131. The van der Waals surface area contributed by atoms with Crippen LogP contribution in [0.4, 0.5) is 0 Å². The molecule has 1 aliphatic rings. The maximum absolute atomic E-state index is 11.4. The molecule has 1 rings (SSSR count). The zero-order valence-electron chi connectivity index (χ0n) is 7.72. The molecule has 0 aromatic carbocycles. The smallest absolute Gasteiger partial charge is 0.222 e. The minimum Gasteiger partial charge on any atom is -0.340 e. The van der Waals surface area contributed by atoms with E-state index < -0.39 is 0 Å². The van der Waals surface area contributed by atoms with Crippen molar-refractivity contribution in [2.45, 2.75) is 32.7 Å². The van der Waals surface area contributed by atoms with E-state index in [0.717, 1.165) is 18.3 Å². The first-order chi connectivity index (χ1) is 5.70. The molecule has 1 aliphatic heterocycles. The predicted molar refractivity (Wildman–Crippen MR) is 53.4 cm³/mol. The largest absolute Gasteiger partial charge is 0.340 e. The van der Waals surface area contributed by atoms with E-state index in [1.807, 2.05) is 11.8 Å². The van der Waals surface area contributed by atoms with Gasteiger partial charge in [0.1, 0.15) is 0 Å². The first-order valence-electron chi connectivity index (χ1n) is 4.56. The molecule has 70 valence electrons. The van der Waals surface area contributed by atoms with Crippen molar-refractivity contribution < 1.29 is 4.79 Å². The summed E-state index contributed by atoms with van der Waals surface area (Å²) in [6.07, 6.45) is 1.79. The van der Waals surface area contributed by atoms with Crippen LogP contribution in [0, 0.1) is 5.92 Å². The summed E-state index contributed by atoms with van der Waals surface area (Å²) >= 11 is 3.48. The molecule has 0 radical (unpaired) electrons. The summed E-state index contributed by atoms with van der Waals surface area (Å²) in [6, 6.07) is 0.428. The van der Waals surface area contributed by atoms with Crippen LogP contribution in [0.1, 0.15) is 26.7 Å². The molecule has 0 saturated carbocycles. The molecule has 2 nitrogen and oxygen atoms in total. The van der Waals surface area contributed by atoms with E-state index in [0.29, 0.717) is 24.3 Å². The average molecular weight is 234 g/mol. The molecule has 1 fully saturated rings. The van der Waals surface area contributed by atoms with Gasteiger partial charge in [0.25, 0.3) is 0 Å². The maximum atomic E-state index is 11.4. The molecule has 0 aliphatic carbocycles. The van der Waals surface area contributed by atoms with Gasteiger partial charge in [-0.1, -0.05) is 22.9 Å². The lowest BCUT2D eigenvalue weighted by Crippen LogP contribution is -2.35. The van der Waals surface area contributed by atoms with Crippen molar-refractivity contribution in [2.75, 3.05) is 11.9 Å². The molecule has 0 N–H and O–H groups in total. The second-order valence-electron chi connectivity index (χ2n) is 3.38. The van der Waals surface area contributed by atoms with Gasteiger partial charge in [0.15, 0.2) is 0 Å². The number of amides is 1. The number of hydrogen-bond donors (Lipinski definition) is 0. The van der Waals surface area contributed by atoms with Crippen molar-refractivity contribution in [3.05, 3.63) is 0 Å².